The van der Waals surface area contributed by atoms with Gasteiger partial charge in [0, 0.05) is 33.5 Å². The molecule has 0 aliphatic carbocycles. The van der Waals surface area contributed by atoms with Crippen LogP contribution in [0.4, 0.5) is 22.7 Å². The van der Waals surface area contributed by atoms with Crippen LogP contribution < -0.4 is 0 Å². The molecule has 232 valence electrons. The maximum Gasteiger partial charge on any atom is 0.295 e. The van der Waals surface area contributed by atoms with Crippen molar-refractivity contribution in [2.75, 3.05) is 0 Å². The van der Waals surface area contributed by atoms with E-state index in [4.69, 9.17) is 0 Å². The quantitative estimate of drug-likeness (QED) is 0.0892. The summed E-state index contributed by atoms with van der Waals surface area (Å²) in [4.78, 5) is -0.387. The summed E-state index contributed by atoms with van der Waals surface area (Å²) < 4.78 is 32.6. The van der Waals surface area contributed by atoms with Crippen LogP contribution in [0, 0.1) is 6.92 Å². The van der Waals surface area contributed by atoms with Gasteiger partial charge in [0.2, 0.25) is 0 Å². The fourth-order valence-electron chi connectivity index (χ4n) is 4.51. The van der Waals surface area contributed by atoms with E-state index in [1.165, 1.54) is 24.3 Å². The number of hydrogen-bond donors (Lipinski definition) is 5. The van der Waals surface area contributed by atoms with E-state index in [2.05, 4.69) is 20.5 Å². The van der Waals surface area contributed by atoms with Crippen LogP contribution in [0.5, 0.6) is 23.0 Å². The molecule has 6 rings (SSSR count). The van der Waals surface area contributed by atoms with Crippen LogP contribution in [0.1, 0.15) is 5.56 Å². The summed E-state index contributed by atoms with van der Waals surface area (Å²) in [5.41, 5.74) is 1.76. The smallest absolute Gasteiger partial charge is 0.295 e. The maximum atomic E-state index is 11.6. The summed E-state index contributed by atoms with van der Waals surface area (Å²) in [5, 5.41) is 57.7. The Kier molecular flexibility index (Phi) is 10.4. The van der Waals surface area contributed by atoms with Crippen molar-refractivity contribution in [3.05, 3.63) is 115 Å². The molecule has 11 nitrogen and oxygen atoms in total. The summed E-state index contributed by atoms with van der Waals surface area (Å²) in [6.45, 7) is 1.96. The molecule has 0 saturated heterocycles. The summed E-state index contributed by atoms with van der Waals surface area (Å²) in [6.07, 6.45) is 0. The third-order valence-electron chi connectivity index (χ3n) is 6.73. The Morgan fingerprint density at radius 2 is 0.870 bits per heavy atom. The van der Waals surface area contributed by atoms with Crippen molar-refractivity contribution in [3.63, 3.8) is 0 Å². The summed E-state index contributed by atoms with van der Waals surface area (Å²) >= 11 is 0. The standard InChI is InChI=1S/C17H14N2O2.C16H12N2O5S.Cr/c1-11-10-15(17(21)13-7-3-2-6-12(11)13)19-18-14-8-4-5-9-16(14)20;19-14-8-4-3-7-12(14)17-18-13-9-15(24(21,22)23)10-5-1-2-6-11(10)16(13)20;/h2-10,20-21H,1H3;1-9,19-20H,(H,21,22,23);. The molecular formula is C33H26CrN4O7S. The molecule has 0 aromatic heterocycles. The fourth-order valence-corrected chi connectivity index (χ4v) is 5.23. The molecule has 5 N–H and O–H groups in total. The van der Waals surface area contributed by atoms with Gasteiger partial charge in [0.1, 0.15) is 39.1 Å². The second kappa shape index (κ2) is 14.2. The van der Waals surface area contributed by atoms with E-state index in [9.17, 15) is 33.4 Å². The number of rotatable bonds is 5. The summed E-state index contributed by atoms with van der Waals surface area (Å²) in [5.74, 6) is -0.248. The summed E-state index contributed by atoms with van der Waals surface area (Å²) in [7, 11) is -4.52. The Morgan fingerprint density at radius 1 is 0.500 bits per heavy atom. The predicted molar refractivity (Wildman–Crippen MR) is 170 cm³/mol. The fraction of sp³-hybridized carbons (Fsp3) is 0.0303. The maximum absolute atomic E-state index is 11.6. The van der Waals surface area contributed by atoms with Crippen LogP contribution in [-0.2, 0) is 27.5 Å². The number of aryl methyl sites for hydroxylation is 1. The van der Waals surface area contributed by atoms with Crippen LogP contribution >= 0.6 is 0 Å². The zero-order valence-electron chi connectivity index (χ0n) is 24.1. The number of phenols is 4. The van der Waals surface area contributed by atoms with Crippen LogP contribution in [0.25, 0.3) is 21.5 Å². The first-order valence-electron chi connectivity index (χ1n) is 13.4. The van der Waals surface area contributed by atoms with Gasteiger partial charge >= 0.3 is 0 Å². The van der Waals surface area contributed by atoms with Gasteiger partial charge < -0.3 is 20.4 Å². The molecule has 0 fully saturated rings. The molecule has 0 aliphatic rings. The average Bonchev–Trinajstić information content (AvgIpc) is 3.03. The minimum atomic E-state index is -4.52. The number of azo groups is 2. The first kappa shape index (κ1) is 33.6. The second-order valence-electron chi connectivity index (χ2n) is 9.75. The van der Waals surface area contributed by atoms with Gasteiger partial charge in [0.05, 0.1) is 0 Å². The molecule has 0 heterocycles. The number of phenolic OH excluding ortho intramolecular Hbond substituents is 4. The molecule has 6 aromatic carbocycles. The van der Waals surface area contributed by atoms with Crippen LogP contribution in [0.15, 0.2) is 135 Å². The minimum absolute atomic E-state index is 0. The third-order valence-corrected chi connectivity index (χ3v) is 7.63. The number of benzene rings is 6. The number of para-hydroxylation sites is 2. The number of aromatic hydroxyl groups is 4. The molecule has 0 bridgehead atoms. The molecule has 6 aromatic rings. The molecule has 13 heteroatoms. The van der Waals surface area contributed by atoms with Crippen molar-refractivity contribution in [3.8, 4) is 23.0 Å². The third kappa shape index (κ3) is 7.31. The van der Waals surface area contributed by atoms with E-state index in [0.29, 0.717) is 11.4 Å². The molecule has 0 aliphatic heterocycles. The van der Waals surface area contributed by atoms with Crippen molar-refractivity contribution in [1.82, 2.24) is 0 Å². The molecular weight excluding hydrogens is 648 g/mol. The van der Waals surface area contributed by atoms with Gasteiger partial charge in [-0.25, -0.2) is 0 Å². The van der Waals surface area contributed by atoms with Crippen molar-refractivity contribution < 1.29 is 50.8 Å². The monoisotopic (exact) mass is 674 g/mol. The molecule has 0 spiro atoms. The molecule has 0 radical (unpaired) electrons. The topological polar surface area (TPSA) is 185 Å². The van der Waals surface area contributed by atoms with Crippen LogP contribution in [0.3, 0.4) is 0 Å². The first-order chi connectivity index (χ1) is 21.5. The zero-order chi connectivity index (χ0) is 32.1. The van der Waals surface area contributed by atoms with E-state index in [1.54, 1.807) is 54.6 Å². The Bertz CT molecular complexity index is 2220. The van der Waals surface area contributed by atoms with E-state index in [-0.39, 0.29) is 67.4 Å². The van der Waals surface area contributed by atoms with E-state index in [0.717, 1.165) is 22.4 Å². The minimum Gasteiger partial charge on any atom is -0.506 e. The van der Waals surface area contributed by atoms with Gasteiger partial charge in [-0.05, 0) is 54.3 Å². The van der Waals surface area contributed by atoms with Gasteiger partial charge in [-0.15, -0.1) is 20.5 Å². The van der Waals surface area contributed by atoms with Crippen molar-refractivity contribution in [2.45, 2.75) is 11.8 Å². The van der Waals surface area contributed by atoms with Gasteiger partial charge in [0.15, 0.2) is 11.5 Å². The number of fused-ring (bicyclic) bond motifs is 2. The molecule has 0 amide bonds. The van der Waals surface area contributed by atoms with E-state index >= 15 is 0 Å². The molecule has 46 heavy (non-hydrogen) atoms. The van der Waals surface area contributed by atoms with Crippen molar-refractivity contribution in [2.24, 2.45) is 20.5 Å². The SMILES string of the molecule is Cc1cc(N=Nc2ccccc2O)c(O)c2ccccc12.O=S(=O)(O)c1cc(N=Nc2ccccc2O)c(O)c2ccccc12.[Cr]. The van der Waals surface area contributed by atoms with E-state index in [1.807, 2.05) is 31.2 Å². The Hall–Kier alpha value is -5.32. The Morgan fingerprint density at radius 3 is 1.35 bits per heavy atom. The average molecular weight is 675 g/mol. The van der Waals surface area contributed by atoms with Crippen LogP contribution in [0.2, 0.25) is 0 Å². The predicted octanol–water partition coefficient (Wildman–Crippen LogP) is 8.89. The Labute approximate surface area is 274 Å². The first-order valence-corrected chi connectivity index (χ1v) is 14.8. The van der Waals surface area contributed by atoms with Crippen molar-refractivity contribution in [1.29, 1.82) is 0 Å². The van der Waals surface area contributed by atoms with Gasteiger partial charge in [0.25, 0.3) is 10.1 Å². The molecule has 0 unspecified atom stereocenters. The van der Waals surface area contributed by atoms with Gasteiger partial charge in [-0.2, -0.15) is 8.42 Å². The van der Waals surface area contributed by atoms with Crippen molar-refractivity contribution >= 4 is 54.4 Å². The second-order valence-corrected chi connectivity index (χ2v) is 11.1. The largest absolute Gasteiger partial charge is 0.506 e. The summed E-state index contributed by atoms with van der Waals surface area (Å²) in [6, 6.07) is 29.4. The zero-order valence-corrected chi connectivity index (χ0v) is 26.1. The molecule has 0 atom stereocenters. The molecule has 0 saturated carbocycles. The Balaban J connectivity index is 0.000000206. The number of hydrogen-bond acceptors (Lipinski definition) is 10. The van der Waals surface area contributed by atoms with Crippen LogP contribution in [-0.4, -0.2) is 33.4 Å². The van der Waals surface area contributed by atoms with Gasteiger partial charge in [-0.1, -0.05) is 72.8 Å². The normalized spacial score (nSPS) is 11.4. The number of nitrogens with zero attached hydrogens (tertiary/aromatic N) is 4. The van der Waals surface area contributed by atoms with E-state index < -0.39 is 10.1 Å². The van der Waals surface area contributed by atoms with Gasteiger partial charge in [-0.3, -0.25) is 4.55 Å².